The van der Waals surface area contributed by atoms with Crippen LogP contribution in [0, 0.1) is 0 Å². The summed E-state index contributed by atoms with van der Waals surface area (Å²) in [6.45, 7) is 4.90. The first kappa shape index (κ1) is 15.2. The Morgan fingerprint density at radius 2 is 1.79 bits per heavy atom. The number of ether oxygens (including phenoxy) is 1. The van der Waals surface area contributed by atoms with Crippen molar-refractivity contribution in [1.82, 2.24) is 0 Å². The van der Waals surface area contributed by atoms with E-state index >= 15 is 0 Å². The van der Waals surface area contributed by atoms with Crippen LogP contribution in [0.4, 0.5) is 5.69 Å². The van der Waals surface area contributed by atoms with Gasteiger partial charge in [-0.1, -0.05) is 13.8 Å². The van der Waals surface area contributed by atoms with Crippen molar-refractivity contribution in [3.05, 3.63) is 29.8 Å². The lowest BCUT2D eigenvalue weighted by atomic mass is 10.1. The number of anilines is 1. The summed E-state index contributed by atoms with van der Waals surface area (Å²) in [6.07, 6.45) is 1.44. The van der Waals surface area contributed by atoms with Crippen molar-refractivity contribution in [1.29, 1.82) is 0 Å². The van der Waals surface area contributed by atoms with Gasteiger partial charge in [-0.25, -0.2) is 0 Å². The molecule has 1 aromatic carbocycles. The number of ketones is 1. The number of Topliss-reactive ketones (excluding diaryl/α,β-unsaturated/α-hetero) is 1. The number of benzene rings is 1. The van der Waals surface area contributed by atoms with E-state index in [0.29, 0.717) is 12.0 Å². The van der Waals surface area contributed by atoms with E-state index < -0.39 is 0 Å². The molecule has 0 heterocycles. The van der Waals surface area contributed by atoms with E-state index in [1.54, 1.807) is 12.1 Å². The summed E-state index contributed by atoms with van der Waals surface area (Å²) in [5.74, 6) is -0.135. The Bertz CT molecular complexity index is 426. The topological polar surface area (TPSA) is 46.6 Å². The van der Waals surface area contributed by atoms with Crippen LogP contribution < -0.4 is 4.90 Å². The molecule has 0 amide bonds. The predicted octanol–water partition coefficient (Wildman–Crippen LogP) is 2.67. The van der Waals surface area contributed by atoms with Crippen molar-refractivity contribution >= 4 is 17.4 Å². The first-order valence-corrected chi connectivity index (χ1v) is 6.57. The molecule has 4 heteroatoms. The average Bonchev–Trinajstić information content (AvgIpc) is 2.46. The summed E-state index contributed by atoms with van der Waals surface area (Å²) in [4.78, 5) is 24.9. The van der Waals surface area contributed by atoms with Gasteiger partial charge >= 0.3 is 5.97 Å². The van der Waals surface area contributed by atoms with E-state index in [2.05, 4.69) is 6.92 Å². The second kappa shape index (κ2) is 7.56. The summed E-state index contributed by atoms with van der Waals surface area (Å²) in [5, 5.41) is 0. The van der Waals surface area contributed by atoms with Gasteiger partial charge in [0.15, 0.2) is 5.78 Å². The minimum absolute atomic E-state index is 0.126. The summed E-state index contributed by atoms with van der Waals surface area (Å²) in [6, 6.07) is 7.37. The van der Waals surface area contributed by atoms with Crippen LogP contribution in [0.15, 0.2) is 24.3 Å². The lowest BCUT2D eigenvalue weighted by molar-refractivity contribution is -0.138. The highest BCUT2D eigenvalue weighted by Crippen LogP contribution is 2.16. The number of carbonyl (C=O) groups is 2. The fraction of sp³-hybridized carbons (Fsp3) is 0.467. The van der Waals surface area contributed by atoms with Gasteiger partial charge in [0.2, 0.25) is 0 Å². The summed E-state index contributed by atoms with van der Waals surface area (Å²) in [7, 11) is 1.38. The van der Waals surface area contributed by atoms with Crippen LogP contribution in [0.3, 0.4) is 0 Å². The van der Waals surface area contributed by atoms with Crippen molar-refractivity contribution < 1.29 is 14.3 Å². The van der Waals surface area contributed by atoms with Crippen LogP contribution in [0.2, 0.25) is 0 Å². The maximum absolute atomic E-state index is 11.6. The standard InChI is InChI=1S/C15H21NO3/c1-4-10-16(11-15(18)19-3)13-8-6-12(7-9-13)14(17)5-2/h6-9H,4-5,10-11H2,1-3H3. The summed E-state index contributed by atoms with van der Waals surface area (Å²) >= 11 is 0. The smallest absolute Gasteiger partial charge is 0.325 e. The number of carbonyl (C=O) groups excluding carboxylic acids is 2. The Balaban J connectivity index is 2.84. The molecule has 0 aliphatic rings. The van der Waals surface area contributed by atoms with Gasteiger partial charge < -0.3 is 9.64 Å². The van der Waals surface area contributed by atoms with Gasteiger partial charge in [0.05, 0.1) is 7.11 Å². The van der Waals surface area contributed by atoms with Crippen molar-refractivity contribution in [3.63, 3.8) is 0 Å². The molecular weight excluding hydrogens is 242 g/mol. The highest BCUT2D eigenvalue weighted by atomic mass is 16.5. The zero-order chi connectivity index (χ0) is 14.3. The Morgan fingerprint density at radius 3 is 2.26 bits per heavy atom. The summed E-state index contributed by atoms with van der Waals surface area (Å²) < 4.78 is 4.69. The first-order valence-electron chi connectivity index (χ1n) is 6.57. The molecule has 104 valence electrons. The Kier molecular flexibility index (Phi) is 6.06. The van der Waals surface area contributed by atoms with Crippen LogP contribution in [0.25, 0.3) is 0 Å². The van der Waals surface area contributed by atoms with E-state index in [0.717, 1.165) is 18.7 Å². The van der Waals surface area contributed by atoms with Gasteiger partial charge in [-0.2, -0.15) is 0 Å². The number of methoxy groups -OCH3 is 1. The summed E-state index contributed by atoms with van der Waals surface area (Å²) in [5.41, 5.74) is 1.64. The molecule has 0 spiro atoms. The minimum Gasteiger partial charge on any atom is -0.468 e. The van der Waals surface area contributed by atoms with Crippen LogP contribution in [-0.4, -0.2) is 32.0 Å². The maximum Gasteiger partial charge on any atom is 0.325 e. The van der Waals surface area contributed by atoms with Crippen LogP contribution >= 0.6 is 0 Å². The van der Waals surface area contributed by atoms with E-state index in [9.17, 15) is 9.59 Å². The quantitative estimate of drug-likeness (QED) is 0.560. The molecule has 0 N–H and O–H groups in total. The predicted molar refractivity (Wildman–Crippen MR) is 75.6 cm³/mol. The molecule has 0 atom stereocenters. The van der Waals surface area contributed by atoms with Crippen molar-refractivity contribution in [3.8, 4) is 0 Å². The highest BCUT2D eigenvalue weighted by Gasteiger charge is 2.11. The monoisotopic (exact) mass is 263 g/mol. The minimum atomic E-state index is -0.262. The molecule has 0 unspecified atom stereocenters. The molecule has 1 rings (SSSR count). The Morgan fingerprint density at radius 1 is 1.16 bits per heavy atom. The Hall–Kier alpha value is -1.84. The highest BCUT2D eigenvalue weighted by molar-refractivity contribution is 5.96. The molecular formula is C15H21NO3. The zero-order valence-electron chi connectivity index (χ0n) is 11.8. The van der Waals surface area contributed by atoms with Gasteiger partial charge in [0.25, 0.3) is 0 Å². The van der Waals surface area contributed by atoms with Crippen LogP contribution in [-0.2, 0) is 9.53 Å². The van der Waals surface area contributed by atoms with Gasteiger partial charge in [-0.05, 0) is 30.7 Å². The Labute approximate surface area is 114 Å². The number of hydrogen-bond donors (Lipinski definition) is 0. The van der Waals surface area contributed by atoms with E-state index in [4.69, 9.17) is 4.74 Å². The van der Waals surface area contributed by atoms with Crippen molar-refractivity contribution in [2.75, 3.05) is 25.1 Å². The normalized spacial score (nSPS) is 10.1. The number of esters is 1. The SMILES string of the molecule is CCCN(CC(=O)OC)c1ccc(C(=O)CC)cc1. The number of rotatable bonds is 7. The molecule has 0 saturated carbocycles. The second-order valence-corrected chi connectivity index (χ2v) is 4.32. The molecule has 0 aliphatic heterocycles. The van der Waals surface area contributed by atoms with Crippen molar-refractivity contribution in [2.45, 2.75) is 26.7 Å². The zero-order valence-corrected chi connectivity index (χ0v) is 11.8. The average molecular weight is 263 g/mol. The molecule has 19 heavy (non-hydrogen) atoms. The fourth-order valence-electron chi connectivity index (χ4n) is 1.85. The maximum atomic E-state index is 11.6. The molecule has 0 fully saturated rings. The van der Waals surface area contributed by atoms with Gasteiger partial charge in [-0.15, -0.1) is 0 Å². The largest absolute Gasteiger partial charge is 0.468 e. The number of nitrogens with zero attached hydrogens (tertiary/aromatic N) is 1. The molecule has 0 bridgehead atoms. The molecule has 0 saturated heterocycles. The van der Waals surface area contributed by atoms with E-state index in [1.807, 2.05) is 24.0 Å². The molecule has 0 radical (unpaired) electrons. The second-order valence-electron chi connectivity index (χ2n) is 4.32. The van der Waals surface area contributed by atoms with Crippen LogP contribution in [0.5, 0.6) is 0 Å². The van der Waals surface area contributed by atoms with Gasteiger partial charge in [0, 0.05) is 24.2 Å². The van der Waals surface area contributed by atoms with E-state index in [1.165, 1.54) is 7.11 Å². The van der Waals surface area contributed by atoms with Crippen LogP contribution in [0.1, 0.15) is 37.0 Å². The molecule has 1 aromatic rings. The van der Waals surface area contributed by atoms with Crippen molar-refractivity contribution in [2.24, 2.45) is 0 Å². The molecule has 4 nitrogen and oxygen atoms in total. The number of hydrogen-bond acceptors (Lipinski definition) is 4. The molecule has 0 aliphatic carbocycles. The third-order valence-electron chi connectivity index (χ3n) is 2.92. The lowest BCUT2D eigenvalue weighted by Gasteiger charge is -2.23. The van der Waals surface area contributed by atoms with E-state index in [-0.39, 0.29) is 18.3 Å². The fourth-order valence-corrected chi connectivity index (χ4v) is 1.85. The molecule has 0 aromatic heterocycles. The first-order chi connectivity index (χ1) is 9.12. The van der Waals surface area contributed by atoms with Gasteiger partial charge in [-0.3, -0.25) is 9.59 Å². The van der Waals surface area contributed by atoms with Gasteiger partial charge in [0.1, 0.15) is 6.54 Å². The third kappa shape index (κ3) is 4.39. The third-order valence-corrected chi connectivity index (χ3v) is 2.92. The lowest BCUT2D eigenvalue weighted by Crippen LogP contribution is -2.31.